The number of phenols is 1. The summed E-state index contributed by atoms with van der Waals surface area (Å²) in [4.78, 5) is 57.2. The number of carboxylic acids is 1. The first-order chi connectivity index (χ1) is 25.8. The van der Waals surface area contributed by atoms with Crippen molar-refractivity contribution in [1.29, 1.82) is 0 Å². The van der Waals surface area contributed by atoms with Crippen molar-refractivity contribution < 1.29 is 34.2 Å². The van der Waals surface area contributed by atoms with Gasteiger partial charge in [0.2, 0.25) is 5.91 Å². The average Bonchev–Trinajstić information content (AvgIpc) is 3.92. The van der Waals surface area contributed by atoms with E-state index in [0.29, 0.717) is 47.2 Å². The Hall–Kier alpha value is -4.30. The summed E-state index contributed by atoms with van der Waals surface area (Å²) < 4.78 is 0. The minimum Gasteiger partial charge on any atom is -0.507 e. The summed E-state index contributed by atoms with van der Waals surface area (Å²) in [5, 5.41) is 22.5. The van der Waals surface area contributed by atoms with Gasteiger partial charge in [-0.15, -0.1) is 0 Å². The first-order valence-electron chi connectivity index (χ1n) is 19.4. The van der Waals surface area contributed by atoms with E-state index in [1.165, 1.54) is 11.1 Å². The fourth-order valence-electron chi connectivity index (χ4n) is 7.92. The molecule has 0 spiro atoms. The first kappa shape index (κ1) is 42.4. The highest BCUT2D eigenvalue weighted by Gasteiger charge is 2.32. The molecule has 0 bridgehead atoms. The van der Waals surface area contributed by atoms with Crippen molar-refractivity contribution in [3.05, 3.63) is 100 Å². The van der Waals surface area contributed by atoms with Gasteiger partial charge in [0, 0.05) is 36.1 Å². The number of halogens is 1. The monoisotopic (exact) mass is 757 g/mol. The maximum Gasteiger partial charge on any atom is 0.306 e. The Labute approximate surface area is 325 Å². The summed E-state index contributed by atoms with van der Waals surface area (Å²) in [5.74, 6) is 0.925. The fourth-order valence-corrected chi connectivity index (χ4v) is 8.22. The van der Waals surface area contributed by atoms with E-state index in [0.717, 1.165) is 57.8 Å². The van der Waals surface area contributed by atoms with Crippen LogP contribution in [0.25, 0.3) is 0 Å². The molecule has 0 radical (unpaired) electrons. The van der Waals surface area contributed by atoms with Crippen molar-refractivity contribution in [1.82, 2.24) is 5.32 Å². The second kappa shape index (κ2) is 21.0. The van der Waals surface area contributed by atoms with Crippen molar-refractivity contribution in [2.75, 3.05) is 0 Å². The van der Waals surface area contributed by atoms with Crippen LogP contribution >= 0.6 is 11.6 Å². The zero-order valence-corrected chi connectivity index (χ0v) is 32.7. The van der Waals surface area contributed by atoms with Gasteiger partial charge in [0.1, 0.15) is 17.3 Å². The standard InChI is InChI=1S/C25H30ClNO3.C13H16O2.C7H10O2/c1-16-12-22(26)15-20(24(16)29)10-11-23(28)17(2)27-25(30)21-9-8-19(14-21)13-18-6-4-3-5-7-18;14-13(15)12-7-6-11(9-12)8-10-4-2-1-3-5-10;1-5(8)6-2-3-7(9)4-6/h3-7,12,15,17,19,21,29H,8-11,13-14H2,1-2H3,(H,27,30);1-5,11-12H,6-9H2,(H,14,15);6H,2-4H2,1H3/t17-,19-,21+;11-,12+;6-/m000/s1. The highest BCUT2D eigenvalue weighted by atomic mass is 35.5. The molecule has 3 aromatic rings. The number of aryl methyl sites for hydroxylation is 2. The maximum atomic E-state index is 12.7. The molecule has 8 nitrogen and oxygen atoms in total. The Morgan fingerprint density at radius 2 is 1.37 bits per heavy atom. The summed E-state index contributed by atoms with van der Waals surface area (Å²) in [5.41, 5.74) is 3.99. The third-order valence-corrected chi connectivity index (χ3v) is 11.4. The number of aromatic hydroxyl groups is 1. The molecule has 1 amide bonds. The number of phenolic OH excluding ortho intramolecular Hbond substituents is 1. The highest BCUT2D eigenvalue weighted by molar-refractivity contribution is 6.30. The molecule has 9 heteroatoms. The second-order valence-electron chi connectivity index (χ2n) is 15.5. The van der Waals surface area contributed by atoms with E-state index in [-0.39, 0.29) is 53.2 Å². The Morgan fingerprint density at radius 1 is 0.815 bits per heavy atom. The smallest absolute Gasteiger partial charge is 0.306 e. The molecular formula is C45H56ClNO7. The number of hydrogen-bond donors (Lipinski definition) is 3. The number of ketones is 3. The zero-order chi connectivity index (χ0) is 39.2. The third kappa shape index (κ3) is 13.5. The minimum atomic E-state index is -0.620. The van der Waals surface area contributed by atoms with Crippen molar-refractivity contribution in [2.45, 2.75) is 110 Å². The normalized spacial score (nSPS) is 22.3. The van der Waals surface area contributed by atoms with Crippen LogP contribution in [0.1, 0.15) is 100 Å². The number of benzene rings is 3. The number of rotatable bonds is 12. The Kier molecular flexibility index (Phi) is 16.5. The lowest BCUT2D eigenvalue weighted by Crippen LogP contribution is -2.41. The van der Waals surface area contributed by atoms with Crippen molar-refractivity contribution >= 4 is 40.8 Å². The molecule has 6 rings (SSSR count). The molecular weight excluding hydrogens is 702 g/mol. The van der Waals surface area contributed by atoms with Gasteiger partial charge in [-0.25, -0.2) is 0 Å². The van der Waals surface area contributed by atoms with Gasteiger partial charge in [0.05, 0.1) is 12.0 Å². The molecule has 0 aliphatic heterocycles. The van der Waals surface area contributed by atoms with Crippen LogP contribution in [0, 0.1) is 36.5 Å². The molecule has 3 saturated carbocycles. The number of Topliss-reactive ketones (excluding diaryl/α,β-unsaturated/α-hetero) is 3. The quantitative estimate of drug-likeness (QED) is 0.168. The van der Waals surface area contributed by atoms with Gasteiger partial charge in [-0.3, -0.25) is 24.0 Å². The lowest BCUT2D eigenvalue weighted by molar-refractivity contribution is -0.141. The van der Waals surface area contributed by atoms with Crippen LogP contribution in [0.2, 0.25) is 5.02 Å². The molecule has 3 N–H and O–H groups in total. The number of carboxylic acid groups (broad SMARTS) is 1. The van der Waals surface area contributed by atoms with Crippen LogP contribution in [0.3, 0.4) is 0 Å². The molecule has 0 saturated heterocycles. The maximum absolute atomic E-state index is 12.7. The SMILES string of the molecule is CC(=O)[C@H]1CCC(=O)C1.Cc1cc(Cl)cc(CCC(=O)[C@H](C)NC(=O)[C@@H]2CC[C@@H](Cc3ccccc3)C2)c1O.O=C(O)[C@@H]1CC[C@@H](Cc2ccccc2)C1. The number of nitrogens with one attached hydrogen (secondary N) is 1. The fraction of sp³-hybridized carbons (Fsp3) is 0.489. The first-order valence-corrected chi connectivity index (χ1v) is 19.8. The second-order valence-corrected chi connectivity index (χ2v) is 15.9. The van der Waals surface area contributed by atoms with Gasteiger partial charge < -0.3 is 15.5 Å². The Morgan fingerprint density at radius 3 is 1.85 bits per heavy atom. The summed E-state index contributed by atoms with van der Waals surface area (Å²) in [6.07, 6.45) is 10.1. The van der Waals surface area contributed by atoms with Gasteiger partial charge >= 0.3 is 5.97 Å². The van der Waals surface area contributed by atoms with Gasteiger partial charge in [0.25, 0.3) is 0 Å². The molecule has 3 aliphatic carbocycles. The Bertz CT molecular complexity index is 1730. The topological polar surface area (TPSA) is 138 Å². The molecule has 290 valence electrons. The van der Waals surface area contributed by atoms with Crippen molar-refractivity contribution in [2.24, 2.45) is 29.6 Å². The van der Waals surface area contributed by atoms with Gasteiger partial charge in [-0.05, 0) is 131 Å². The van der Waals surface area contributed by atoms with Crippen LogP contribution in [-0.4, -0.2) is 45.5 Å². The molecule has 0 heterocycles. The predicted molar refractivity (Wildman–Crippen MR) is 211 cm³/mol. The average molecular weight is 758 g/mol. The molecule has 3 aromatic carbocycles. The molecule has 0 aromatic heterocycles. The van der Waals surface area contributed by atoms with Crippen LogP contribution in [0.5, 0.6) is 5.75 Å². The number of aliphatic carboxylic acids is 1. The van der Waals surface area contributed by atoms with Crippen LogP contribution in [0.4, 0.5) is 0 Å². The lowest BCUT2D eigenvalue weighted by atomic mass is 9.96. The number of amides is 1. The van der Waals surface area contributed by atoms with E-state index >= 15 is 0 Å². The Balaban J connectivity index is 0.000000222. The third-order valence-electron chi connectivity index (χ3n) is 11.2. The molecule has 0 unspecified atom stereocenters. The van der Waals surface area contributed by atoms with E-state index < -0.39 is 12.0 Å². The van der Waals surface area contributed by atoms with Crippen molar-refractivity contribution in [3.63, 3.8) is 0 Å². The van der Waals surface area contributed by atoms with Gasteiger partial charge in [-0.2, -0.15) is 0 Å². The summed E-state index contributed by atoms with van der Waals surface area (Å²) in [6, 6.07) is 23.6. The van der Waals surface area contributed by atoms with Gasteiger partial charge in [0.15, 0.2) is 5.78 Å². The van der Waals surface area contributed by atoms with E-state index in [1.54, 1.807) is 32.9 Å². The van der Waals surface area contributed by atoms with E-state index in [1.807, 2.05) is 36.4 Å². The van der Waals surface area contributed by atoms with E-state index in [4.69, 9.17) is 16.7 Å². The lowest BCUT2D eigenvalue weighted by Gasteiger charge is -2.17. The summed E-state index contributed by atoms with van der Waals surface area (Å²) in [6.45, 7) is 5.07. The summed E-state index contributed by atoms with van der Waals surface area (Å²) in [7, 11) is 0. The minimum absolute atomic E-state index is 0.0198. The zero-order valence-electron chi connectivity index (χ0n) is 31.9. The molecule has 3 aliphatic rings. The molecule has 3 fully saturated rings. The highest BCUT2D eigenvalue weighted by Crippen LogP contribution is 2.34. The van der Waals surface area contributed by atoms with Crippen LogP contribution in [0.15, 0.2) is 72.8 Å². The predicted octanol–water partition coefficient (Wildman–Crippen LogP) is 8.69. The largest absolute Gasteiger partial charge is 0.507 e. The van der Waals surface area contributed by atoms with Crippen molar-refractivity contribution in [3.8, 4) is 5.75 Å². The molecule has 6 atom stereocenters. The molecule has 54 heavy (non-hydrogen) atoms. The van der Waals surface area contributed by atoms with Crippen LogP contribution in [-0.2, 0) is 43.2 Å². The number of hydrogen-bond acceptors (Lipinski definition) is 6. The van der Waals surface area contributed by atoms with Gasteiger partial charge in [-0.1, -0.05) is 72.3 Å². The summed E-state index contributed by atoms with van der Waals surface area (Å²) >= 11 is 6.05. The number of carbonyl (C=O) groups excluding carboxylic acids is 4. The number of carbonyl (C=O) groups is 5. The van der Waals surface area contributed by atoms with E-state index in [2.05, 4.69) is 29.6 Å². The van der Waals surface area contributed by atoms with E-state index in [9.17, 15) is 29.1 Å². The van der Waals surface area contributed by atoms with Crippen LogP contribution < -0.4 is 5.32 Å².